The Kier molecular flexibility index (Phi) is 4.56. The molecule has 0 aliphatic rings. The van der Waals surface area contributed by atoms with Crippen LogP contribution in [0.2, 0.25) is 5.15 Å². The first-order valence-corrected chi connectivity index (χ1v) is 5.59. The molecule has 1 atom stereocenters. The van der Waals surface area contributed by atoms with Crippen LogP contribution in [0.1, 0.15) is 32.5 Å². The van der Waals surface area contributed by atoms with Crippen LogP contribution in [0.25, 0.3) is 0 Å². The average molecular weight is 268 g/mol. The molecule has 0 amide bonds. The van der Waals surface area contributed by atoms with Crippen LogP contribution in [-0.4, -0.2) is 16.0 Å². The van der Waals surface area contributed by atoms with Gasteiger partial charge in [-0.1, -0.05) is 24.9 Å². The van der Waals surface area contributed by atoms with Crippen LogP contribution in [0.3, 0.4) is 0 Å². The van der Waals surface area contributed by atoms with Crippen LogP contribution in [0, 0.1) is 0 Å². The summed E-state index contributed by atoms with van der Waals surface area (Å²) in [5.74, 6) is -1.13. The van der Waals surface area contributed by atoms with Crippen LogP contribution in [0.4, 0.5) is 19.0 Å². The minimum atomic E-state index is -4.59. The number of anilines is 1. The van der Waals surface area contributed by atoms with E-state index in [1.807, 2.05) is 13.8 Å². The van der Waals surface area contributed by atoms with Crippen molar-refractivity contribution in [2.24, 2.45) is 0 Å². The monoisotopic (exact) mass is 267 g/mol. The maximum absolute atomic E-state index is 12.4. The Bertz CT molecular complexity index is 382. The van der Waals surface area contributed by atoms with E-state index in [-0.39, 0.29) is 17.0 Å². The maximum atomic E-state index is 12.4. The van der Waals surface area contributed by atoms with Gasteiger partial charge < -0.3 is 5.32 Å². The van der Waals surface area contributed by atoms with Gasteiger partial charge in [-0.2, -0.15) is 13.2 Å². The lowest BCUT2D eigenvalue weighted by molar-refractivity contribution is -0.144. The van der Waals surface area contributed by atoms with Gasteiger partial charge in [0.25, 0.3) is 0 Å². The van der Waals surface area contributed by atoms with Gasteiger partial charge in [0, 0.05) is 12.1 Å². The van der Waals surface area contributed by atoms with E-state index < -0.39 is 12.0 Å². The Morgan fingerprint density at radius 3 is 2.59 bits per heavy atom. The second-order valence-electron chi connectivity index (χ2n) is 3.73. The number of nitrogens with zero attached hydrogens (tertiary/aromatic N) is 2. The fourth-order valence-corrected chi connectivity index (χ4v) is 1.56. The second kappa shape index (κ2) is 5.53. The molecule has 17 heavy (non-hydrogen) atoms. The number of hydrogen-bond donors (Lipinski definition) is 1. The quantitative estimate of drug-likeness (QED) is 0.845. The second-order valence-corrected chi connectivity index (χ2v) is 4.12. The maximum Gasteiger partial charge on any atom is 0.451 e. The lowest BCUT2D eigenvalue weighted by Crippen LogP contribution is -2.18. The van der Waals surface area contributed by atoms with Crippen LogP contribution in [0.15, 0.2) is 6.07 Å². The summed E-state index contributed by atoms with van der Waals surface area (Å²) in [6.45, 7) is 3.86. The standard InChI is InChI=1S/C10H13ClF3N3/c1-3-4-6(2)15-8-5-7(11)16-9(17-8)10(12,13)14/h5-6H,3-4H2,1-2H3,(H,15,16,17). The van der Waals surface area contributed by atoms with Crippen molar-refractivity contribution in [3.05, 3.63) is 17.0 Å². The smallest absolute Gasteiger partial charge is 0.367 e. The van der Waals surface area contributed by atoms with Gasteiger partial charge >= 0.3 is 6.18 Å². The molecular formula is C10H13ClF3N3. The summed E-state index contributed by atoms with van der Waals surface area (Å²) in [5.41, 5.74) is 0. The van der Waals surface area contributed by atoms with E-state index in [1.165, 1.54) is 6.07 Å². The first kappa shape index (κ1) is 14.0. The van der Waals surface area contributed by atoms with Gasteiger partial charge in [-0.15, -0.1) is 0 Å². The summed E-state index contributed by atoms with van der Waals surface area (Å²) < 4.78 is 37.3. The molecule has 0 saturated heterocycles. The van der Waals surface area contributed by atoms with Gasteiger partial charge in [-0.25, -0.2) is 9.97 Å². The molecule has 0 spiro atoms. The average Bonchev–Trinajstić information content (AvgIpc) is 2.15. The third-order valence-corrected chi connectivity index (χ3v) is 2.26. The molecule has 0 bridgehead atoms. The van der Waals surface area contributed by atoms with Gasteiger partial charge in [-0.05, 0) is 13.3 Å². The summed E-state index contributed by atoms with van der Waals surface area (Å²) in [6, 6.07) is 1.32. The molecule has 0 radical (unpaired) electrons. The molecule has 96 valence electrons. The normalized spacial score (nSPS) is 13.5. The number of halogens is 4. The molecule has 0 aromatic carbocycles. The van der Waals surface area contributed by atoms with Crippen molar-refractivity contribution in [2.45, 2.75) is 38.9 Å². The molecule has 3 nitrogen and oxygen atoms in total. The predicted octanol–water partition coefficient (Wildman–Crippen LogP) is 3.75. The summed E-state index contributed by atoms with van der Waals surface area (Å²) in [6.07, 6.45) is -2.82. The molecule has 1 heterocycles. The van der Waals surface area contributed by atoms with Crippen LogP contribution < -0.4 is 5.32 Å². The molecule has 1 N–H and O–H groups in total. The largest absolute Gasteiger partial charge is 0.451 e. The molecule has 1 rings (SSSR count). The number of rotatable bonds is 4. The fourth-order valence-electron chi connectivity index (χ4n) is 1.38. The Balaban J connectivity index is 2.90. The van der Waals surface area contributed by atoms with E-state index in [4.69, 9.17) is 11.6 Å². The molecule has 1 aromatic rings. The Hall–Kier alpha value is -1.04. The molecular weight excluding hydrogens is 255 g/mol. The third kappa shape index (κ3) is 4.38. The van der Waals surface area contributed by atoms with E-state index >= 15 is 0 Å². The van der Waals surface area contributed by atoms with E-state index in [0.29, 0.717) is 0 Å². The number of hydrogen-bond acceptors (Lipinski definition) is 3. The number of aromatic nitrogens is 2. The highest BCUT2D eigenvalue weighted by Gasteiger charge is 2.35. The highest BCUT2D eigenvalue weighted by atomic mass is 35.5. The topological polar surface area (TPSA) is 37.8 Å². The van der Waals surface area contributed by atoms with Gasteiger partial charge in [0.1, 0.15) is 11.0 Å². The van der Waals surface area contributed by atoms with Crippen molar-refractivity contribution >= 4 is 17.4 Å². The van der Waals surface area contributed by atoms with Crippen molar-refractivity contribution in [3.8, 4) is 0 Å². The van der Waals surface area contributed by atoms with E-state index in [9.17, 15) is 13.2 Å². The molecule has 0 saturated carbocycles. The number of alkyl halides is 3. The van der Waals surface area contributed by atoms with E-state index in [2.05, 4.69) is 15.3 Å². The van der Waals surface area contributed by atoms with Crippen LogP contribution in [-0.2, 0) is 6.18 Å². The van der Waals surface area contributed by atoms with E-state index in [0.717, 1.165) is 12.8 Å². The Morgan fingerprint density at radius 2 is 2.06 bits per heavy atom. The van der Waals surface area contributed by atoms with E-state index in [1.54, 1.807) is 0 Å². The van der Waals surface area contributed by atoms with Crippen LogP contribution in [0.5, 0.6) is 0 Å². The number of nitrogens with one attached hydrogen (secondary N) is 1. The van der Waals surface area contributed by atoms with Crippen LogP contribution >= 0.6 is 11.6 Å². The van der Waals surface area contributed by atoms with Crippen molar-refractivity contribution in [2.75, 3.05) is 5.32 Å². The molecule has 0 fully saturated rings. The van der Waals surface area contributed by atoms with Gasteiger partial charge in [-0.3, -0.25) is 0 Å². The zero-order valence-electron chi connectivity index (χ0n) is 9.48. The van der Waals surface area contributed by atoms with Gasteiger partial charge in [0.15, 0.2) is 0 Å². The predicted molar refractivity (Wildman–Crippen MR) is 60.0 cm³/mol. The molecule has 0 aliphatic carbocycles. The zero-order chi connectivity index (χ0) is 13.1. The highest BCUT2D eigenvalue weighted by molar-refractivity contribution is 6.29. The lowest BCUT2D eigenvalue weighted by Gasteiger charge is -2.14. The minimum absolute atomic E-state index is 0.0343. The SMILES string of the molecule is CCCC(C)Nc1cc(Cl)nc(C(F)(F)F)n1. The highest BCUT2D eigenvalue weighted by Crippen LogP contribution is 2.28. The van der Waals surface area contributed by atoms with Gasteiger partial charge in [0.2, 0.25) is 5.82 Å². The zero-order valence-corrected chi connectivity index (χ0v) is 10.2. The summed E-state index contributed by atoms with van der Waals surface area (Å²) in [4.78, 5) is 6.54. The fraction of sp³-hybridized carbons (Fsp3) is 0.600. The molecule has 0 aliphatic heterocycles. The van der Waals surface area contributed by atoms with Crippen molar-refractivity contribution in [1.82, 2.24) is 9.97 Å². The van der Waals surface area contributed by atoms with Gasteiger partial charge in [0.05, 0.1) is 0 Å². The van der Waals surface area contributed by atoms with Crippen molar-refractivity contribution < 1.29 is 13.2 Å². The first-order chi connectivity index (χ1) is 7.82. The Labute approximate surface area is 102 Å². The Morgan fingerprint density at radius 1 is 1.41 bits per heavy atom. The minimum Gasteiger partial charge on any atom is -0.367 e. The van der Waals surface area contributed by atoms with Crippen molar-refractivity contribution in [3.63, 3.8) is 0 Å². The summed E-state index contributed by atoms with van der Waals surface area (Å²) >= 11 is 5.53. The summed E-state index contributed by atoms with van der Waals surface area (Å²) in [5, 5.41) is 2.64. The molecule has 1 aromatic heterocycles. The first-order valence-electron chi connectivity index (χ1n) is 5.21. The third-order valence-electron chi connectivity index (χ3n) is 2.06. The lowest BCUT2D eigenvalue weighted by atomic mass is 10.2. The van der Waals surface area contributed by atoms with Crippen molar-refractivity contribution in [1.29, 1.82) is 0 Å². The molecule has 7 heteroatoms. The summed E-state index contributed by atoms with van der Waals surface area (Å²) in [7, 11) is 0. The molecule has 1 unspecified atom stereocenters.